The molecule has 1 aromatic carbocycles. The molecule has 12 heteroatoms. The number of likely N-dealkylation sites (tertiary alicyclic amines) is 2. The van der Waals surface area contributed by atoms with Crippen molar-refractivity contribution in [3.05, 3.63) is 41.4 Å². The van der Waals surface area contributed by atoms with Crippen LogP contribution in [-0.4, -0.2) is 87.1 Å². The molecule has 194 valence electrons. The number of amides is 2. The maximum absolute atomic E-state index is 12.8. The Kier molecular flexibility index (Phi) is 9.77. The number of nitrogens with zero attached hydrogens (tertiary/aromatic N) is 3. The van der Waals surface area contributed by atoms with Gasteiger partial charge >= 0.3 is 11.9 Å². The zero-order chi connectivity index (χ0) is 26.1. The number of benzene rings is 1. The van der Waals surface area contributed by atoms with Crippen LogP contribution in [0.25, 0.3) is 0 Å². The van der Waals surface area contributed by atoms with E-state index in [0.29, 0.717) is 17.3 Å². The van der Waals surface area contributed by atoms with Gasteiger partial charge in [0.2, 0.25) is 5.91 Å². The monoisotopic (exact) mass is 518 g/mol. The van der Waals surface area contributed by atoms with E-state index in [-0.39, 0.29) is 17.9 Å². The molecule has 1 aromatic heterocycles. The van der Waals surface area contributed by atoms with Gasteiger partial charge in [0.25, 0.3) is 11.1 Å². The number of piperidine rings is 2. The molecule has 3 heterocycles. The number of aromatic nitrogens is 1. The summed E-state index contributed by atoms with van der Waals surface area (Å²) in [5.74, 6) is -3.70. The molecule has 4 rings (SSSR count). The lowest BCUT2D eigenvalue weighted by Crippen LogP contribution is -2.50. The van der Waals surface area contributed by atoms with Crippen LogP contribution in [0, 0.1) is 0 Å². The standard InChI is InChI=1S/C22H28N4O3S.C2H2O4/c1-16(27)24-18-4-2-17(3-5-18)21(28)26-11-6-19(7-12-26)25-13-8-20(9-14-25)29-22-23-10-15-30-22;3-1(4)2(5)6/h2-5,10,15,19-20H,6-9,11-14H2,1H3,(H,24,27);(H,3,4)(H,5,6). The summed E-state index contributed by atoms with van der Waals surface area (Å²) in [7, 11) is 0. The SMILES string of the molecule is CC(=O)Nc1ccc(C(=O)N2CCC(N3CCC(Oc4nccs4)CC3)CC2)cc1.O=C(O)C(=O)O. The molecule has 0 atom stereocenters. The van der Waals surface area contributed by atoms with Gasteiger partial charge in [-0.25, -0.2) is 14.6 Å². The predicted octanol–water partition coefficient (Wildman–Crippen LogP) is 2.41. The molecule has 2 aliphatic heterocycles. The van der Waals surface area contributed by atoms with E-state index < -0.39 is 11.9 Å². The zero-order valence-electron chi connectivity index (χ0n) is 20.0. The summed E-state index contributed by atoms with van der Waals surface area (Å²) >= 11 is 1.55. The van der Waals surface area contributed by atoms with Crippen molar-refractivity contribution in [3.8, 4) is 5.19 Å². The maximum atomic E-state index is 12.8. The summed E-state index contributed by atoms with van der Waals surface area (Å²) in [6, 6.07) is 7.66. The van der Waals surface area contributed by atoms with E-state index in [1.165, 1.54) is 6.92 Å². The van der Waals surface area contributed by atoms with E-state index in [1.807, 2.05) is 10.3 Å². The number of ether oxygens (including phenoxy) is 1. The predicted molar refractivity (Wildman–Crippen MR) is 132 cm³/mol. The molecule has 0 spiro atoms. The van der Waals surface area contributed by atoms with Crippen molar-refractivity contribution >= 4 is 40.8 Å². The van der Waals surface area contributed by atoms with Crippen LogP contribution in [0.3, 0.4) is 0 Å². The van der Waals surface area contributed by atoms with E-state index in [9.17, 15) is 9.59 Å². The van der Waals surface area contributed by atoms with Gasteiger partial charge in [-0.2, -0.15) is 0 Å². The van der Waals surface area contributed by atoms with E-state index >= 15 is 0 Å². The number of hydrogen-bond acceptors (Lipinski definition) is 8. The highest BCUT2D eigenvalue weighted by Crippen LogP contribution is 2.25. The van der Waals surface area contributed by atoms with Crippen molar-refractivity contribution in [1.29, 1.82) is 0 Å². The van der Waals surface area contributed by atoms with Crippen LogP contribution in [0.4, 0.5) is 5.69 Å². The van der Waals surface area contributed by atoms with Crippen molar-refractivity contribution in [2.24, 2.45) is 0 Å². The molecule has 0 radical (unpaired) electrons. The first-order valence-corrected chi connectivity index (χ1v) is 12.5. The first kappa shape index (κ1) is 27.1. The Morgan fingerprint density at radius 3 is 2.08 bits per heavy atom. The normalized spacial score (nSPS) is 17.0. The average molecular weight is 519 g/mol. The van der Waals surface area contributed by atoms with Crippen LogP contribution in [0.5, 0.6) is 5.19 Å². The summed E-state index contributed by atoms with van der Waals surface area (Å²) in [5.41, 5.74) is 1.38. The molecule has 2 amide bonds. The Balaban J connectivity index is 0.000000538. The molecular weight excluding hydrogens is 488 g/mol. The first-order chi connectivity index (χ1) is 17.2. The highest BCUT2D eigenvalue weighted by Gasteiger charge is 2.30. The summed E-state index contributed by atoms with van der Waals surface area (Å²) in [4.78, 5) is 50.9. The lowest BCUT2D eigenvalue weighted by molar-refractivity contribution is -0.159. The Bertz CT molecular complexity index is 1020. The number of carbonyl (C=O) groups excluding carboxylic acids is 2. The van der Waals surface area contributed by atoms with Crippen molar-refractivity contribution in [2.45, 2.75) is 44.8 Å². The molecule has 2 fully saturated rings. The van der Waals surface area contributed by atoms with Crippen LogP contribution in [0.1, 0.15) is 43.0 Å². The van der Waals surface area contributed by atoms with Crippen LogP contribution in [0.2, 0.25) is 0 Å². The van der Waals surface area contributed by atoms with Crippen LogP contribution >= 0.6 is 11.3 Å². The highest BCUT2D eigenvalue weighted by molar-refractivity contribution is 7.11. The van der Waals surface area contributed by atoms with Crippen molar-refractivity contribution < 1.29 is 34.1 Å². The van der Waals surface area contributed by atoms with Gasteiger partial charge in [-0.3, -0.25) is 14.5 Å². The fourth-order valence-corrected chi connectivity index (χ4v) is 4.84. The third-order valence-electron chi connectivity index (χ3n) is 6.06. The van der Waals surface area contributed by atoms with Gasteiger partial charge in [0.05, 0.1) is 0 Å². The molecule has 0 bridgehead atoms. The summed E-state index contributed by atoms with van der Waals surface area (Å²) in [5, 5.41) is 20.2. The lowest BCUT2D eigenvalue weighted by Gasteiger charge is -2.41. The third kappa shape index (κ3) is 8.02. The minimum Gasteiger partial charge on any atom is -0.473 e. The topological polar surface area (TPSA) is 149 Å². The maximum Gasteiger partial charge on any atom is 0.414 e. The Labute approximate surface area is 212 Å². The Morgan fingerprint density at radius 1 is 0.972 bits per heavy atom. The molecule has 2 saturated heterocycles. The Morgan fingerprint density at radius 2 is 1.58 bits per heavy atom. The minimum atomic E-state index is -1.82. The molecule has 0 unspecified atom stereocenters. The minimum absolute atomic E-state index is 0.0679. The van der Waals surface area contributed by atoms with Crippen LogP contribution in [0.15, 0.2) is 35.8 Å². The van der Waals surface area contributed by atoms with E-state index in [0.717, 1.165) is 57.1 Å². The quantitative estimate of drug-likeness (QED) is 0.507. The molecular formula is C24H30N4O7S. The van der Waals surface area contributed by atoms with E-state index in [4.69, 9.17) is 24.5 Å². The molecule has 36 heavy (non-hydrogen) atoms. The van der Waals surface area contributed by atoms with Gasteiger partial charge in [0.15, 0.2) is 0 Å². The molecule has 3 N–H and O–H groups in total. The average Bonchev–Trinajstić information content (AvgIpc) is 3.38. The van der Waals surface area contributed by atoms with Gasteiger partial charge in [-0.05, 0) is 49.9 Å². The molecule has 0 aliphatic carbocycles. The van der Waals surface area contributed by atoms with E-state index in [1.54, 1.807) is 41.8 Å². The third-order valence-corrected chi connectivity index (χ3v) is 6.72. The van der Waals surface area contributed by atoms with Crippen molar-refractivity contribution in [1.82, 2.24) is 14.8 Å². The second kappa shape index (κ2) is 13.0. The van der Waals surface area contributed by atoms with Gasteiger partial charge in [0.1, 0.15) is 6.10 Å². The summed E-state index contributed by atoms with van der Waals surface area (Å²) in [6.07, 6.45) is 6.11. The number of aliphatic carboxylic acids is 2. The van der Waals surface area contributed by atoms with Crippen LogP contribution < -0.4 is 10.1 Å². The molecule has 0 saturated carbocycles. The van der Waals surface area contributed by atoms with Crippen molar-refractivity contribution in [3.63, 3.8) is 0 Å². The lowest BCUT2D eigenvalue weighted by atomic mass is 9.98. The number of carboxylic acids is 2. The largest absolute Gasteiger partial charge is 0.473 e. The Hall–Kier alpha value is -3.51. The number of thiazole rings is 1. The summed E-state index contributed by atoms with van der Waals surface area (Å²) in [6.45, 7) is 5.12. The van der Waals surface area contributed by atoms with Gasteiger partial charge < -0.3 is 25.2 Å². The van der Waals surface area contributed by atoms with Gasteiger partial charge in [0, 0.05) is 62.0 Å². The number of anilines is 1. The number of carbonyl (C=O) groups is 4. The smallest absolute Gasteiger partial charge is 0.414 e. The molecule has 11 nitrogen and oxygen atoms in total. The van der Waals surface area contributed by atoms with Gasteiger partial charge in [-0.1, -0.05) is 11.3 Å². The number of rotatable bonds is 5. The van der Waals surface area contributed by atoms with Crippen molar-refractivity contribution in [2.75, 3.05) is 31.5 Å². The second-order valence-electron chi connectivity index (χ2n) is 8.54. The molecule has 2 aromatic rings. The number of carboxylic acid groups (broad SMARTS) is 2. The fourth-order valence-electron chi connectivity index (χ4n) is 4.29. The fraction of sp³-hybridized carbons (Fsp3) is 0.458. The van der Waals surface area contributed by atoms with Gasteiger partial charge in [-0.15, -0.1) is 0 Å². The van der Waals surface area contributed by atoms with Crippen LogP contribution in [-0.2, 0) is 14.4 Å². The molecule has 2 aliphatic rings. The number of nitrogens with one attached hydrogen (secondary N) is 1. The first-order valence-electron chi connectivity index (χ1n) is 11.7. The summed E-state index contributed by atoms with van der Waals surface area (Å²) < 4.78 is 5.96. The highest BCUT2D eigenvalue weighted by atomic mass is 32.1. The van der Waals surface area contributed by atoms with E-state index in [2.05, 4.69) is 15.2 Å². The second-order valence-corrected chi connectivity index (χ2v) is 9.40. The number of hydrogen-bond donors (Lipinski definition) is 3. The zero-order valence-corrected chi connectivity index (χ0v) is 20.8.